The first-order valence-corrected chi connectivity index (χ1v) is 16.1. The maximum Gasteiger partial charge on any atom is 0.240 e. The summed E-state index contributed by atoms with van der Waals surface area (Å²) in [6, 6.07) is 9.98. The first kappa shape index (κ1) is 36.2. The van der Waals surface area contributed by atoms with Gasteiger partial charge in [0.25, 0.3) is 0 Å². The van der Waals surface area contributed by atoms with E-state index in [1.54, 1.807) is 18.3 Å². The van der Waals surface area contributed by atoms with Gasteiger partial charge in [-0.2, -0.15) is 0 Å². The van der Waals surface area contributed by atoms with E-state index in [9.17, 15) is 18.8 Å². The number of ether oxygens (including phenoxy) is 1. The number of anilines is 4. The average molecular weight is 663 g/mol. The van der Waals surface area contributed by atoms with E-state index in [0.29, 0.717) is 62.3 Å². The van der Waals surface area contributed by atoms with Gasteiger partial charge >= 0.3 is 0 Å². The molecule has 1 saturated carbocycles. The third-order valence-corrected chi connectivity index (χ3v) is 8.53. The highest BCUT2D eigenvalue weighted by atomic mass is 19.1. The third-order valence-electron chi connectivity index (χ3n) is 8.53. The van der Waals surface area contributed by atoms with Crippen LogP contribution in [0, 0.1) is 17.0 Å². The van der Waals surface area contributed by atoms with Crippen LogP contribution in [0.25, 0.3) is 6.08 Å². The topological polar surface area (TPSA) is 147 Å². The fourth-order valence-corrected chi connectivity index (χ4v) is 5.30. The Morgan fingerprint density at radius 2 is 1.69 bits per heavy atom. The van der Waals surface area contributed by atoms with E-state index < -0.39 is 34.8 Å². The monoisotopic (exact) mass is 662 g/mol. The molecule has 4 rings (SSSR count). The van der Waals surface area contributed by atoms with Crippen molar-refractivity contribution in [1.29, 1.82) is 0 Å². The molecule has 12 heteroatoms. The molecular weight excluding hydrogens is 618 g/mol. The van der Waals surface area contributed by atoms with Crippen molar-refractivity contribution >= 4 is 47.1 Å². The summed E-state index contributed by atoms with van der Waals surface area (Å²) in [6.45, 7) is 5.40. The maximum absolute atomic E-state index is 15.8. The van der Waals surface area contributed by atoms with Crippen LogP contribution in [-0.4, -0.2) is 55.9 Å². The first-order chi connectivity index (χ1) is 23.1. The number of carbonyl (C=O) groups excluding carboxylic acids is 3. The van der Waals surface area contributed by atoms with Gasteiger partial charge in [-0.1, -0.05) is 25.1 Å². The molecule has 10 nitrogen and oxygen atoms in total. The predicted octanol–water partition coefficient (Wildman–Crippen LogP) is 5.87. The molecule has 2 aromatic carbocycles. The molecule has 48 heavy (non-hydrogen) atoms. The fourth-order valence-electron chi connectivity index (χ4n) is 5.30. The van der Waals surface area contributed by atoms with Gasteiger partial charge in [0.15, 0.2) is 0 Å². The van der Waals surface area contributed by atoms with E-state index in [4.69, 9.17) is 10.5 Å². The van der Waals surface area contributed by atoms with Crippen LogP contribution in [0.2, 0.25) is 0 Å². The normalized spacial score (nSPS) is 14.7. The molecule has 1 heterocycles. The summed E-state index contributed by atoms with van der Waals surface area (Å²) < 4.78 is 34.5. The van der Waals surface area contributed by atoms with Crippen molar-refractivity contribution < 1.29 is 27.9 Å². The predicted molar refractivity (Wildman–Crippen MR) is 185 cm³/mol. The summed E-state index contributed by atoms with van der Waals surface area (Å²) in [6.07, 6.45) is 8.86. The lowest BCUT2D eigenvalue weighted by Gasteiger charge is -2.23. The summed E-state index contributed by atoms with van der Waals surface area (Å²) >= 11 is 0. The summed E-state index contributed by atoms with van der Waals surface area (Å²) in [7, 11) is 1.90. The van der Waals surface area contributed by atoms with Gasteiger partial charge in [0, 0.05) is 53.6 Å². The number of rotatable bonds is 18. The maximum atomic E-state index is 15.8. The van der Waals surface area contributed by atoms with Crippen LogP contribution in [0.5, 0.6) is 0 Å². The van der Waals surface area contributed by atoms with Crippen molar-refractivity contribution in [2.75, 3.05) is 48.5 Å². The average Bonchev–Trinajstić information content (AvgIpc) is 3.88. The van der Waals surface area contributed by atoms with Crippen LogP contribution in [0.15, 0.2) is 54.7 Å². The number of amides is 2. The summed E-state index contributed by atoms with van der Waals surface area (Å²) in [5, 5.41) is 12.1. The van der Waals surface area contributed by atoms with E-state index in [1.807, 2.05) is 26.1 Å². The second-order valence-corrected chi connectivity index (χ2v) is 12.0. The highest BCUT2D eigenvalue weighted by Gasteiger charge is 2.56. The molecule has 0 radical (unpaired) electrons. The molecule has 3 aromatic rings. The highest BCUT2D eigenvalue weighted by molar-refractivity contribution is 6.16. The molecule has 1 aliphatic carbocycles. The Labute approximate surface area is 279 Å². The summed E-state index contributed by atoms with van der Waals surface area (Å²) in [5.74, 6) is -2.27. The van der Waals surface area contributed by atoms with Gasteiger partial charge in [0.05, 0.1) is 18.9 Å². The Bertz CT molecular complexity index is 1610. The Balaban J connectivity index is 1.52. The first-order valence-electron chi connectivity index (χ1n) is 16.1. The summed E-state index contributed by atoms with van der Waals surface area (Å²) in [4.78, 5) is 41.1. The zero-order valence-electron chi connectivity index (χ0n) is 27.6. The molecule has 1 aromatic heterocycles. The van der Waals surface area contributed by atoms with Crippen molar-refractivity contribution in [2.45, 2.75) is 57.9 Å². The molecule has 1 aliphatic rings. The van der Waals surface area contributed by atoms with Crippen molar-refractivity contribution in [2.24, 2.45) is 5.41 Å². The van der Waals surface area contributed by atoms with Crippen molar-refractivity contribution in [3.63, 3.8) is 0 Å². The zero-order chi connectivity index (χ0) is 34.7. The van der Waals surface area contributed by atoms with E-state index >= 15 is 4.39 Å². The molecule has 0 saturated heterocycles. The van der Waals surface area contributed by atoms with Crippen LogP contribution < -0.4 is 27.0 Å². The van der Waals surface area contributed by atoms with Crippen LogP contribution in [0.3, 0.4) is 0 Å². The minimum Gasteiger partial charge on any atom is -0.384 e. The largest absolute Gasteiger partial charge is 0.384 e. The number of aldehydes is 1. The van der Waals surface area contributed by atoms with E-state index in [0.717, 1.165) is 24.0 Å². The standard InChI is InChI=1S/C36H44F2N6O4/c1-23(40-3)14-17-41-32-25(7-4-5-19-48-20-6-18-45)22-42-33(39)31(32)24(2)29-13-12-28(21-30(29)38)44-35(47)36(15-16-36)34(46)43-27-10-8-26(37)9-11-27/h4,7-13,18,21-24,40H,5-6,14-17,19-20H2,1-3H3,(H,43,46)(H,44,47)(H3,39,41,42)/b7-4+. The van der Waals surface area contributed by atoms with Gasteiger partial charge in [0.1, 0.15) is 29.2 Å². The second kappa shape index (κ2) is 16.9. The quantitative estimate of drug-likeness (QED) is 0.0646. The van der Waals surface area contributed by atoms with Gasteiger partial charge in [-0.3, -0.25) is 9.59 Å². The number of hydrogen-bond donors (Lipinski definition) is 5. The molecule has 0 bridgehead atoms. The second-order valence-electron chi connectivity index (χ2n) is 12.0. The lowest BCUT2D eigenvalue weighted by atomic mass is 9.90. The number of nitrogens with one attached hydrogen (secondary N) is 4. The number of carbonyl (C=O) groups is 3. The highest BCUT2D eigenvalue weighted by Crippen LogP contribution is 2.47. The Hall–Kier alpha value is -4.68. The molecule has 0 spiro atoms. The van der Waals surface area contributed by atoms with Crippen LogP contribution >= 0.6 is 0 Å². The number of hydrogen-bond acceptors (Lipinski definition) is 8. The minimum atomic E-state index is -1.28. The zero-order valence-corrected chi connectivity index (χ0v) is 27.6. The van der Waals surface area contributed by atoms with Gasteiger partial charge < -0.3 is 36.5 Å². The fraction of sp³-hybridized carbons (Fsp3) is 0.389. The molecule has 256 valence electrons. The van der Waals surface area contributed by atoms with Gasteiger partial charge in [-0.15, -0.1) is 0 Å². The Kier molecular flexibility index (Phi) is 12.8. The van der Waals surface area contributed by atoms with Crippen LogP contribution in [0.4, 0.5) is 31.7 Å². The lowest BCUT2D eigenvalue weighted by molar-refractivity contribution is -0.131. The molecule has 1 fully saturated rings. The lowest BCUT2D eigenvalue weighted by Crippen LogP contribution is -2.35. The smallest absolute Gasteiger partial charge is 0.240 e. The number of aromatic nitrogens is 1. The number of benzene rings is 2. The van der Waals surface area contributed by atoms with Gasteiger partial charge in [-0.25, -0.2) is 13.8 Å². The van der Waals surface area contributed by atoms with Crippen molar-refractivity contribution in [1.82, 2.24) is 10.3 Å². The molecule has 2 amide bonds. The number of nitrogens with zero attached hydrogens (tertiary/aromatic N) is 1. The van der Waals surface area contributed by atoms with Crippen LogP contribution in [0.1, 0.15) is 68.6 Å². The minimum absolute atomic E-state index is 0.215. The Morgan fingerprint density at radius 1 is 1.02 bits per heavy atom. The third kappa shape index (κ3) is 9.23. The van der Waals surface area contributed by atoms with E-state index in [2.05, 4.69) is 33.2 Å². The van der Waals surface area contributed by atoms with Crippen molar-refractivity contribution in [3.05, 3.63) is 83.1 Å². The van der Waals surface area contributed by atoms with Crippen molar-refractivity contribution in [3.8, 4) is 0 Å². The van der Waals surface area contributed by atoms with E-state index in [1.165, 1.54) is 30.3 Å². The molecule has 0 aliphatic heterocycles. The van der Waals surface area contributed by atoms with E-state index in [-0.39, 0.29) is 17.5 Å². The molecule has 2 unspecified atom stereocenters. The molecular formula is C36H44F2N6O4. The molecule has 6 N–H and O–H groups in total. The van der Waals surface area contributed by atoms with Gasteiger partial charge in [0.2, 0.25) is 11.8 Å². The molecule has 2 atom stereocenters. The number of nitrogen functional groups attached to an aromatic ring is 1. The number of nitrogens with two attached hydrogens (primary N) is 1. The SMILES string of the molecule is CNC(C)CCNc1c(/C=C/CCOCCC=O)cnc(N)c1C(C)c1ccc(NC(=O)C2(C(=O)Nc3ccc(F)cc3)CC2)cc1F. The van der Waals surface area contributed by atoms with Crippen LogP contribution in [-0.2, 0) is 19.1 Å². The Morgan fingerprint density at radius 3 is 2.33 bits per heavy atom. The number of halogens is 2. The van der Waals surface area contributed by atoms with Gasteiger partial charge in [-0.05, 0) is 81.6 Å². The number of pyridine rings is 1. The summed E-state index contributed by atoms with van der Waals surface area (Å²) in [5.41, 5.74) is 8.27.